The van der Waals surface area contributed by atoms with E-state index in [1.54, 1.807) is 0 Å². The summed E-state index contributed by atoms with van der Waals surface area (Å²) in [5.41, 5.74) is 2.28. The molecule has 0 saturated heterocycles. The molecule has 5 nitrogen and oxygen atoms in total. The van der Waals surface area contributed by atoms with Gasteiger partial charge in [0.1, 0.15) is 5.52 Å². The lowest BCUT2D eigenvalue weighted by Crippen LogP contribution is -2.46. The van der Waals surface area contributed by atoms with Gasteiger partial charge in [-0.25, -0.2) is 9.78 Å². The molecule has 0 saturated carbocycles. The van der Waals surface area contributed by atoms with Gasteiger partial charge in [0, 0.05) is 12.1 Å². The quantitative estimate of drug-likeness (QED) is 0.856. The fraction of sp³-hybridized carbons (Fsp3) is 0.385. The van der Waals surface area contributed by atoms with Gasteiger partial charge >= 0.3 is 6.03 Å². The van der Waals surface area contributed by atoms with E-state index >= 15 is 0 Å². The Kier molecular flexibility index (Phi) is 3.23. The van der Waals surface area contributed by atoms with Crippen LogP contribution in [0.15, 0.2) is 29.0 Å². The zero-order valence-electron chi connectivity index (χ0n) is 10.8. The Morgan fingerprint density at radius 1 is 1.39 bits per heavy atom. The molecule has 0 aliphatic rings. The number of carbonyl (C=O) groups is 1. The molecule has 2 rings (SSSR count). The summed E-state index contributed by atoms with van der Waals surface area (Å²) in [5.74, 6) is 0. The zero-order chi connectivity index (χ0) is 13.2. The first-order chi connectivity index (χ1) is 8.44. The molecule has 0 aliphatic heterocycles. The van der Waals surface area contributed by atoms with Gasteiger partial charge < -0.3 is 15.1 Å². The summed E-state index contributed by atoms with van der Waals surface area (Å²) in [6.45, 7) is 6.27. The Balaban J connectivity index is 1.95. The molecule has 1 aromatic carbocycles. The van der Waals surface area contributed by atoms with Gasteiger partial charge in [0.2, 0.25) is 0 Å². The lowest BCUT2D eigenvalue weighted by Gasteiger charge is -2.20. The topological polar surface area (TPSA) is 67.2 Å². The maximum atomic E-state index is 11.6. The molecule has 5 heteroatoms. The van der Waals surface area contributed by atoms with Crippen molar-refractivity contribution in [3.05, 3.63) is 30.2 Å². The molecule has 2 N–H and O–H groups in total. The minimum Gasteiger partial charge on any atom is -0.443 e. The maximum Gasteiger partial charge on any atom is 0.315 e. The van der Waals surface area contributed by atoms with E-state index in [1.165, 1.54) is 6.39 Å². The Morgan fingerprint density at radius 3 is 2.89 bits per heavy atom. The smallest absolute Gasteiger partial charge is 0.315 e. The van der Waals surface area contributed by atoms with Crippen LogP contribution >= 0.6 is 0 Å². The molecule has 96 valence electrons. The van der Waals surface area contributed by atoms with Crippen molar-refractivity contribution in [2.24, 2.45) is 0 Å². The molecule has 0 spiro atoms. The van der Waals surface area contributed by atoms with Gasteiger partial charge in [-0.2, -0.15) is 0 Å². The average molecular weight is 247 g/mol. The summed E-state index contributed by atoms with van der Waals surface area (Å²) in [7, 11) is 0. The highest BCUT2D eigenvalue weighted by Gasteiger charge is 2.13. The predicted molar refractivity (Wildman–Crippen MR) is 69.1 cm³/mol. The van der Waals surface area contributed by atoms with Gasteiger partial charge in [0.15, 0.2) is 12.0 Å². The van der Waals surface area contributed by atoms with E-state index in [0.717, 1.165) is 16.7 Å². The number of carbonyl (C=O) groups excluding carboxylic acids is 1. The van der Waals surface area contributed by atoms with Gasteiger partial charge in [-0.15, -0.1) is 0 Å². The second-order valence-corrected chi connectivity index (χ2v) is 5.21. The van der Waals surface area contributed by atoms with E-state index < -0.39 is 0 Å². The molecule has 2 amide bonds. The van der Waals surface area contributed by atoms with E-state index in [4.69, 9.17) is 4.42 Å². The maximum absolute atomic E-state index is 11.6. The Hall–Kier alpha value is -2.04. The highest BCUT2D eigenvalue weighted by Crippen LogP contribution is 2.13. The van der Waals surface area contributed by atoms with Crippen LogP contribution in [0.2, 0.25) is 0 Å². The van der Waals surface area contributed by atoms with Crippen molar-refractivity contribution in [3.8, 4) is 0 Å². The molecule has 18 heavy (non-hydrogen) atoms. The number of fused-ring (bicyclic) bond motifs is 1. The number of hydrogen-bond acceptors (Lipinski definition) is 3. The highest BCUT2D eigenvalue weighted by molar-refractivity contribution is 5.75. The first-order valence-corrected chi connectivity index (χ1v) is 5.82. The van der Waals surface area contributed by atoms with Crippen molar-refractivity contribution in [1.29, 1.82) is 0 Å². The third kappa shape index (κ3) is 3.23. The predicted octanol–water partition coefficient (Wildman–Crippen LogP) is 2.43. The van der Waals surface area contributed by atoms with Crippen LogP contribution in [0.1, 0.15) is 26.3 Å². The Bertz CT molecular complexity index is 555. The molecule has 0 fully saturated rings. The van der Waals surface area contributed by atoms with Gasteiger partial charge in [0.05, 0.1) is 0 Å². The van der Waals surface area contributed by atoms with Gasteiger partial charge in [-0.1, -0.05) is 6.07 Å². The Labute approximate surface area is 106 Å². The van der Waals surface area contributed by atoms with Crippen LogP contribution in [-0.2, 0) is 6.54 Å². The molecule has 0 atom stereocenters. The van der Waals surface area contributed by atoms with E-state index in [0.29, 0.717) is 6.54 Å². The molecular formula is C13H17N3O2. The van der Waals surface area contributed by atoms with Crippen LogP contribution < -0.4 is 10.6 Å². The minimum atomic E-state index is -0.237. The normalized spacial score (nSPS) is 11.5. The van der Waals surface area contributed by atoms with Crippen molar-refractivity contribution in [3.63, 3.8) is 0 Å². The number of amides is 2. The second-order valence-electron chi connectivity index (χ2n) is 5.21. The molecule has 0 unspecified atom stereocenters. The first-order valence-electron chi connectivity index (χ1n) is 5.82. The molecule has 0 bridgehead atoms. The molecule has 1 aromatic heterocycles. The number of nitrogens with zero attached hydrogens (tertiary/aromatic N) is 1. The third-order valence-electron chi connectivity index (χ3n) is 2.34. The number of aromatic nitrogens is 1. The van der Waals surface area contributed by atoms with Crippen LogP contribution in [0.25, 0.3) is 11.1 Å². The molecule has 2 aromatic rings. The average Bonchev–Trinajstić information content (AvgIpc) is 2.71. The summed E-state index contributed by atoms with van der Waals surface area (Å²) in [6, 6.07) is 5.49. The lowest BCUT2D eigenvalue weighted by atomic mass is 10.1. The van der Waals surface area contributed by atoms with Crippen molar-refractivity contribution in [2.45, 2.75) is 32.9 Å². The van der Waals surface area contributed by atoms with Crippen LogP contribution in [0, 0.1) is 0 Å². The zero-order valence-corrected chi connectivity index (χ0v) is 10.8. The first kappa shape index (κ1) is 12.4. The van der Waals surface area contributed by atoms with Crippen molar-refractivity contribution >= 4 is 17.1 Å². The number of oxazole rings is 1. The summed E-state index contributed by atoms with van der Waals surface area (Å²) in [4.78, 5) is 15.6. The minimum absolute atomic E-state index is 0.180. The summed E-state index contributed by atoms with van der Waals surface area (Å²) in [5, 5.41) is 5.64. The SMILES string of the molecule is CC(C)(C)NC(=O)NCc1ccc2ncoc2c1. The fourth-order valence-electron chi connectivity index (χ4n) is 1.58. The molecule has 0 aliphatic carbocycles. The third-order valence-corrected chi connectivity index (χ3v) is 2.34. The van der Waals surface area contributed by atoms with Crippen LogP contribution in [-0.4, -0.2) is 16.6 Å². The lowest BCUT2D eigenvalue weighted by molar-refractivity contribution is 0.231. The van der Waals surface area contributed by atoms with Crippen LogP contribution in [0.4, 0.5) is 4.79 Å². The second kappa shape index (κ2) is 4.68. The van der Waals surface area contributed by atoms with Gasteiger partial charge in [0.25, 0.3) is 0 Å². The number of rotatable bonds is 2. The standard InChI is InChI=1S/C13H17N3O2/c1-13(2,3)16-12(17)14-7-9-4-5-10-11(6-9)18-8-15-10/h4-6,8H,7H2,1-3H3,(H2,14,16,17). The van der Waals surface area contributed by atoms with E-state index in [-0.39, 0.29) is 11.6 Å². The van der Waals surface area contributed by atoms with Crippen molar-refractivity contribution in [2.75, 3.05) is 0 Å². The number of benzene rings is 1. The molecular weight excluding hydrogens is 230 g/mol. The highest BCUT2D eigenvalue weighted by atomic mass is 16.3. The summed E-state index contributed by atoms with van der Waals surface area (Å²) < 4.78 is 5.21. The fourth-order valence-corrected chi connectivity index (χ4v) is 1.58. The van der Waals surface area contributed by atoms with Gasteiger partial charge in [-0.3, -0.25) is 0 Å². The van der Waals surface area contributed by atoms with E-state index in [2.05, 4.69) is 15.6 Å². The van der Waals surface area contributed by atoms with Crippen molar-refractivity contribution < 1.29 is 9.21 Å². The van der Waals surface area contributed by atoms with Crippen LogP contribution in [0.5, 0.6) is 0 Å². The molecule has 1 heterocycles. The van der Waals surface area contributed by atoms with Crippen molar-refractivity contribution in [1.82, 2.24) is 15.6 Å². The number of nitrogens with one attached hydrogen (secondary N) is 2. The monoisotopic (exact) mass is 247 g/mol. The Morgan fingerprint density at radius 2 is 2.17 bits per heavy atom. The van der Waals surface area contributed by atoms with E-state index in [1.807, 2.05) is 39.0 Å². The molecule has 0 radical (unpaired) electrons. The summed E-state index contributed by atoms with van der Waals surface area (Å²) in [6.07, 6.45) is 1.41. The number of hydrogen-bond donors (Lipinski definition) is 2. The largest absolute Gasteiger partial charge is 0.443 e. The summed E-state index contributed by atoms with van der Waals surface area (Å²) >= 11 is 0. The number of urea groups is 1. The van der Waals surface area contributed by atoms with Crippen LogP contribution in [0.3, 0.4) is 0 Å². The van der Waals surface area contributed by atoms with Gasteiger partial charge in [-0.05, 0) is 38.5 Å². The van der Waals surface area contributed by atoms with E-state index in [9.17, 15) is 4.79 Å².